The maximum atomic E-state index is 10.6. The van der Waals surface area contributed by atoms with E-state index in [1.165, 1.54) is 5.57 Å². The van der Waals surface area contributed by atoms with Crippen molar-refractivity contribution in [2.45, 2.75) is 108 Å². The van der Waals surface area contributed by atoms with Gasteiger partial charge in [0, 0.05) is 17.4 Å². The number of unbranched alkanes of at least 4 members (excludes halogenated alkanes) is 2. The molecule has 1 aliphatic carbocycles. The summed E-state index contributed by atoms with van der Waals surface area (Å²) in [5, 5.41) is 40.6. The Balaban J connectivity index is 1.75. The van der Waals surface area contributed by atoms with Crippen LogP contribution in [-0.2, 0) is 11.2 Å². The highest BCUT2D eigenvalue weighted by Gasteiger charge is 2.48. The average molecular weight is 477 g/mol. The van der Waals surface area contributed by atoms with E-state index in [1.54, 1.807) is 0 Å². The molecule has 0 radical (unpaired) electrons. The summed E-state index contributed by atoms with van der Waals surface area (Å²) in [6.45, 7) is 8.11. The van der Waals surface area contributed by atoms with Crippen molar-refractivity contribution >= 4 is 0 Å². The van der Waals surface area contributed by atoms with Gasteiger partial charge in [-0.2, -0.15) is 0 Å². The van der Waals surface area contributed by atoms with Gasteiger partial charge in [-0.15, -0.1) is 0 Å². The van der Waals surface area contributed by atoms with Crippen molar-refractivity contribution < 1.29 is 34.6 Å². The molecule has 1 aromatic carbocycles. The maximum absolute atomic E-state index is 10.6. The van der Waals surface area contributed by atoms with E-state index < -0.39 is 37.3 Å². The monoisotopic (exact) mass is 476 g/mol. The van der Waals surface area contributed by atoms with Gasteiger partial charge in [-0.05, 0) is 64.2 Å². The van der Waals surface area contributed by atoms with Gasteiger partial charge in [0.25, 0.3) is 0 Å². The van der Waals surface area contributed by atoms with Gasteiger partial charge in [-0.25, -0.2) is 0 Å². The molecular weight excluding hydrogens is 436 g/mol. The van der Waals surface area contributed by atoms with Crippen LogP contribution in [0.25, 0.3) is 0 Å². The number of allylic oxidation sites excluding steroid dienone is 2. The third-order valence-electron chi connectivity index (χ3n) is 7.67. The number of benzene rings is 1. The summed E-state index contributed by atoms with van der Waals surface area (Å²) in [4.78, 5) is 0. The van der Waals surface area contributed by atoms with Crippen LogP contribution in [0.15, 0.2) is 23.8 Å². The summed E-state index contributed by atoms with van der Waals surface area (Å²) in [6.07, 6.45) is 1.88. The SMILES string of the molecule is CCCCCc1cc(O[C@@H]2OC(CO)[C@@H](O)[C@H](O)[C@H]2O)c2c(c1)OC(C)(C)[C@@H]1CCC(C)=C[C@@H]21. The average Bonchev–Trinajstić information content (AvgIpc) is 2.78. The van der Waals surface area contributed by atoms with Crippen LogP contribution in [0.5, 0.6) is 11.5 Å². The van der Waals surface area contributed by atoms with Gasteiger partial charge in [0.1, 0.15) is 41.5 Å². The molecule has 0 aromatic heterocycles. The van der Waals surface area contributed by atoms with Gasteiger partial charge >= 0.3 is 0 Å². The first kappa shape index (κ1) is 25.5. The molecule has 3 aliphatic rings. The van der Waals surface area contributed by atoms with Crippen LogP contribution in [0.2, 0.25) is 0 Å². The number of ether oxygens (including phenoxy) is 3. The first-order chi connectivity index (χ1) is 16.2. The highest BCUT2D eigenvalue weighted by molar-refractivity contribution is 5.54. The highest BCUT2D eigenvalue weighted by Crippen LogP contribution is 2.54. The zero-order chi connectivity index (χ0) is 24.6. The van der Waals surface area contributed by atoms with Crippen molar-refractivity contribution in [2.75, 3.05) is 6.61 Å². The fourth-order valence-corrected chi connectivity index (χ4v) is 5.67. The second kappa shape index (κ2) is 10.2. The molecule has 0 saturated carbocycles. The lowest BCUT2D eigenvalue weighted by molar-refractivity contribution is -0.277. The molecule has 1 unspecified atom stereocenters. The summed E-state index contributed by atoms with van der Waals surface area (Å²) < 4.78 is 18.5. The normalized spacial score (nSPS) is 34.5. The second-order valence-electron chi connectivity index (χ2n) is 10.7. The number of fused-ring (bicyclic) bond motifs is 3. The van der Waals surface area contributed by atoms with E-state index in [-0.39, 0.29) is 17.4 Å². The van der Waals surface area contributed by atoms with Crippen molar-refractivity contribution in [3.05, 3.63) is 34.9 Å². The van der Waals surface area contributed by atoms with Crippen LogP contribution in [0.1, 0.15) is 76.8 Å². The highest BCUT2D eigenvalue weighted by atomic mass is 16.7. The Hall–Kier alpha value is -1.64. The molecule has 1 aromatic rings. The zero-order valence-corrected chi connectivity index (χ0v) is 20.7. The third kappa shape index (κ3) is 4.86. The lowest BCUT2D eigenvalue weighted by atomic mass is 9.68. The van der Waals surface area contributed by atoms with E-state index in [1.807, 2.05) is 6.07 Å². The van der Waals surface area contributed by atoms with Gasteiger partial charge in [-0.3, -0.25) is 0 Å². The van der Waals surface area contributed by atoms with Gasteiger partial charge in [0.15, 0.2) is 0 Å². The summed E-state index contributed by atoms with van der Waals surface area (Å²) in [5.41, 5.74) is 3.00. The molecule has 0 amide bonds. The zero-order valence-electron chi connectivity index (χ0n) is 20.7. The molecule has 2 aliphatic heterocycles. The topological polar surface area (TPSA) is 109 Å². The molecule has 4 N–H and O–H groups in total. The number of hydrogen-bond acceptors (Lipinski definition) is 7. The van der Waals surface area contributed by atoms with Crippen molar-refractivity contribution in [1.29, 1.82) is 0 Å². The fourth-order valence-electron chi connectivity index (χ4n) is 5.67. The second-order valence-corrected chi connectivity index (χ2v) is 10.7. The molecule has 190 valence electrons. The van der Waals surface area contributed by atoms with E-state index in [4.69, 9.17) is 14.2 Å². The summed E-state index contributed by atoms with van der Waals surface area (Å²) in [7, 11) is 0. The lowest BCUT2D eigenvalue weighted by Crippen LogP contribution is -2.60. The lowest BCUT2D eigenvalue weighted by Gasteiger charge is -2.47. The van der Waals surface area contributed by atoms with Crippen LogP contribution < -0.4 is 9.47 Å². The largest absolute Gasteiger partial charge is 0.487 e. The van der Waals surface area contributed by atoms with Crippen LogP contribution in [0, 0.1) is 5.92 Å². The van der Waals surface area contributed by atoms with E-state index in [0.29, 0.717) is 5.75 Å². The molecule has 0 spiro atoms. The molecule has 7 nitrogen and oxygen atoms in total. The minimum Gasteiger partial charge on any atom is -0.487 e. The van der Waals surface area contributed by atoms with Crippen molar-refractivity contribution in [3.63, 3.8) is 0 Å². The van der Waals surface area contributed by atoms with E-state index in [0.717, 1.165) is 55.4 Å². The predicted octanol–water partition coefficient (Wildman–Crippen LogP) is 3.21. The maximum Gasteiger partial charge on any atom is 0.229 e. The van der Waals surface area contributed by atoms with Crippen molar-refractivity contribution in [2.24, 2.45) is 5.92 Å². The van der Waals surface area contributed by atoms with Gasteiger partial charge < -0.3 is 34.6 Å². The molecule has 7 atom stereocenters. The first-order valence-electron chi connectivity index (χ1n) is 12.7. The molecule has 34 heavy (non-hydrogen) atoms. The standard InChI is InChI=1S/C27H40O7/c1-5-6-7-8-16-12-19(32-26-25(31)24(30)23(29)21(14-28)33-26)22-17-11-15(2)9-10-18(17)27(3,4)34-20(22)13-16/h11-13,17-18,21,23-26,28-31H,5-10,14H2,1-4H3/t17-,18-,21?,23-,24+,25-,26-/m1/s1. The van der Waals surface area contributed by atoms with Crippen molar-refractivity contribution in [3.8, 4) is 11.5 Å². The van der Waals surface area contributed by atoms with Crippen LogP contribution in [0.3, 0.4) is 0 Å². The summed E-state index contributed by atoms with van der Waals surface area (Å²) >= 11 is 0. The van der Waals surface area contributed by atoms with Crippen molar-refractivity contribution in [1.82, 2.24) is 0 Å². The predicted molar refractivity (Wildman–Crippen MR) is 128 cm³/mol. The van der Waals surface area contributed by atoms with E-state index in [2.05, 4.69) is 39.8 Å². The molecule has 7 heteroatoms. The van der Waals surface area contributed by atoms with Gasteiger partial charge in [-0.1, -0.05) is 31.4 Å². The molecule has 0 bridgehead atoms. The fraction of sp³-hybridized carbons (Fsp3) is 0.704. The number of aryl methyl sites for hydroxylation is 1. The molecule has 1 saturated heterocycles. The van der Waals surface area contributed by atoms with Crippen LogP contribution in [0.4, 0.5) is 0 Å². The Morgan fingerprint density at radius 2 is 1.85 bits per heavy atom. The van der Waals surface area contributed by atoms with E-state index in [9.17, 15) is 20.4 Å². The Kier molecular flexibility index (Phi) is 7.60. The van der Waals surface area contributed by atoms with Crippen LogP contribution >= 0.6 is 0 Å². The van der Waals surface area contributed by atoms with Gasteiger partial charge in [0.05, 0.1) is 6.61 Å². The number of hydrogen-bond donors (Lipinski definition) is 4. The minimum absolute atomic E-state index is 0.0945. The Morgan fingerprint density at radius 1 is 1.09 bits per heavy atom. The number of aliphatic hydroxyl groups excluding tert-OH is 4. The minimum atomic E-state index is -1.49. The van der Waals surface area contributed by atoms with E-state index >= 15 is 0 Å². The number of rotatable bonds is 7. The number of aliphatic hydroxyl groups is 4. The Labute approximate surface area is 202 Å². The summed E-state index contributed by atoms with van der Waals surface area (Å²) in [6, 6.07) is 4.10. The van der Waals surface area contributed by atoms with Gasteiger partial charge in [0.2, 0.25) is 6.29 Å². The smallest absolute Gasteiger partial charge is 0.229 e. The first-order valence-corrected chi connectivity index (χ1v) is 12.7. The molecule has 1 fully saturated rings. The van der Waals surface area contributed by atoms with Crippen LogP contribution in [-0.4, -0.2) is 63.3 Å². The molecule has 2 heterocycles. The Morgan fingerprint density at radius 3 is 2.56 bits per heavy atom. The Bertz CT molecular complexity index is 893. The molecular formula is C27H40O7. The quantitative estimate of drug-likeness (QED) is 0.353. The third-order valence-corrected chi connectivity index (χ3v) is 7.67. The molecule has 4 rings (SSSR count). The summed E-state index contributed by atoms with van der Waals surface area (Å²) in [5.74, 6) is 1.71.